The Kier molecular flexibility index (Phi) is 5.66. The second-order valence-electron chi connectivity index (χ2n) is 5.83. The number of nitrogens with zero attached hydrogens (tertiary/aromatic N) is 1. The SMILES string of the molecule is CCOC(=O)C=C1Nc2ccccc2C(c2ccccc2)=NC1OC(C)=O. The van der Waals surface area contributed by atoms with Crippen molar-refractivity contribution < 1.29 is 19.1 Å². The molecule has 0 saturated carbocycles. The van der Waals surface area contributed by atoms with Crippen LogP contribution >= 0.6 is 0 Å². The number of anilines is 1. The third-order valence-electron chi connectivity index (χ3n) is 3.86. The van der Waals surface area contributed by atoms with E-state index in [4.69, 9.17) is 9.47 Å². The number of benzene rings is 2. The van der Waals surface area contributed by atoms with Crippen molar-refractivity contribution >= 4 is 23.3 Å². The zero-order valence-electron chi connectivity index (χ0n) is 15.1. The minimum Gasteiger partial charge on any atom is -0.463 e. The molecule has 1 N–H and O–H groups in total. The summed E-state index contributed by atoms with van der Waals surface area (Å²) < 4.78 is 10.4. The Balaban J connectivity index is 2.15. The Morgan fingerprint density at radius 3 is 2.52 bits per heavy atom. The van der Waals surface area contributed by atoms with Crippen molar-refractivity contribution in [1.29, 1.82) is 0 Å². The van der Waals surface area contributed by atoms with Crippen LogP contribution in [0.1, 0.15) is 25.0 Å². The number of nitrogens with one attached hydrogen (secondary N) is 1. The highest BCUT2D eigenvalue weighted by Crippen LogP contribution is 2.28. The van der Waals surface area contributed by atoms with Gasteiger partial charge in [0, 0.05) is 29.8 Å². The fourth-order valence-corrected chi connectivity index (χ4v) is 2.76. The molecule has 1 atom stereocenters. The average Bonchev–Trinajstić information content (AvgIpc) is 2.80. The lowest BCUT2D eigenvalue weighted by Gasteiger charge is -2.16. The summed E-state index contributed by atoms with van der Waals surface area (Å²) in [7, 11) is 0. The first-order valence-electron chi connectivity index (χ1n) is 8.63. The first-order chi connectivity index (χ1) is 13.1. The lowest BCUT2D eigenvalue weighted by Crippen LogP contribution is -2.22. The van der Waals surface area contributed by atoms with Gasteiger partial charge in [-0.15, -0.1) is 0 Å². The van der Waals surface area contributed by atoms with E-state index < -0.39 is 18.2 Å². The average molecular weight is 364 g/mol. The molecule has 0 fully saturated rings. The van der Waals surface area contributed by atoms with E-state index in [2.05, 4.69) is 10.3 Å². The predicted molar refractivity (Wildman–Crippen MR) is 102 cm³/mol. The van der Waals surface area contributed by atoms with Gasteiger partial charge < -0.3 is 14.8 Å². The zero-order chi connectivity index (χ0) is 19.2. The summed E-state index contributed by atoms with van der Waals surface area (Å²) in [6, 6.07) is 17.2. The molecule has 1 aliphatic heterocycles. The molecule has 27 heavy (non-hydrogen) atoms. The number of benzodiazepines with no additional fused rings is 1. The monoisotopic (exact) mass is 364 g/mol. The molecule has 3 rings (SSSR count). The van der Waals surface area contributed by atoms with Gasteiger partial charge >= 0.3 is 11.9 Å². The maximum Gasteiger partial charge on any atom is 0.332 e. The standard InChI is InChI=1S/C21H20N2O4/c1-3-26-19(25)13-18-21(27-14(2)24)23-20(15-9-5-4-6-10-15)16-11-7-8-12-17(16)22-18/h4-13,21-22H,3H2,1-2H3. The van der Waals surface area contributed by atoms with E-state index in [0.717, 1.165) is 16.8 Å². The number of ether oxygens (including phenoxy) is 2. The fraction of sp³-hybridized carbons (Fsp3) is 0.190. The molecule has 0 saturated heterocycles. The molecule has 0 amide bonds. The molecule has 0 aromatic heterocycles. The number of hydrogen-bond donors (Lipinski definition) is 1. The quantitative estimate of drug-likeness (QED) is 0.665. The number of carbonyl (C=O) groups excluding carboxylic acids is 2. The zero-order valence-corrected chi connectivity index (χ0v) is 15.1. The summed E-state index contributed by atoms with van der Waals surface area (Å²) in [6.45, 7) is 3.27. The number of esters is 2. The Hall–Kier alpha value is -3.41. The largest absolute Gasteiger partial charge is 0.463 e. The first kappa shape index (κ1) is 18.4. The molecule has 0 bridgehead atoms. The van der Waals surface area contributed by atoms with Gasteiger partial charge in [0.25, 0.3) is 0 Å². The van der Waals surface area contributed by atoms with Gasteiger partial charge in [-0.25, -0.2) is 9.79 Å². The van der Waals surface area contributed by atoms with Crippen molar-refractivity contribution in [2.45, 2.75) is 20.1 Å². The topological polar surface area (TPSA) is 77.0 Å². The minimum absolute atomic E-state index is 0.246. The van der Waals surface area contributed by atoms with E-state index in [1.165, 1.54) is 13.0 Å². The summed E-state index contributed by atoms with van der Waals surface area (Å²) in [5.74, 6) is -1.04. The molecule has 0 spiro atoms. The van der Waals surface area contributed by atoms with Crippen LogP contribution in [0.2, 0.25) is 0 Å². The molecular formula is C21H20N2O4. The van der Waals surface area contributed by atoms with Crippen molar-refractivity contribution in [2.24, 2.45) is 4.99 Å². The third kappa shape index (κ3) is 4.41. The van der Waals surface area contributed by atoms with Gasteiger partial charge in [-0.1, -0.05) is 48.5 Å². The van der Waals surface area contributed by atoms with Crippen LogP contribution in [0.25, 0.3) is 0 Å². The highest BCUT2D eigenvalue weighted by Gasteiger charge is 2.26. The Labute approximate surface area is 157 Å². The maximum absolute atomic E-state index is 12.0. The lowest BCUT2D eigenvalue weighted by atomic mass is 10.0. The van der Waals surface area contributed by atoms with Crippen LogP contribution in [-0.4, -0.2) is 30.5 Å². The summed E-state index contributed by atoms with van der Waals surface area (Å²) in [4.78, 5) is 28.3. The maximum atomic E-state index is 12.0. The van der Waals surface area contributed by atoms with E-state index in [0.29, 0.717) is 11.4 Å². The molecule has 1 heterocycles. The number of hydrogen-bond acceptors (Lipinski definition) is 6. The lowest BCUT2D eigenvalue weighted by molar-refractivity contribution is -0.144. The number of carbonyl (C=O) groups is 2. The fourth-order valence-electron chi connectivity index (χ4n) is 2.76. The number of aliphatic imine (C=N–C) groups is 1. The molecule has 2 aromatic carbocycles. The molecule has 0 aliphatic carbocycles. The molecule has 6 nitrogen and oxygen atoms in total. The van der Waals surface area contributed by atoms with Crippen LogP contribution in [0.15, 0.2) is 71.4 Å². The van der Waals surface area contributed by atoms with Crippen LogP contribution in [0.3, 0.4) is 0 Å². The number of para-hydroxylation sites is 1. The molecule has 6 heteroatoms. The second kappa shape index (κ2) is 8.31. The number of rotatable bonds is 4. The van der Waals surface area contributed by atoms with Crippen molar-refractivity contribution in [1.82, 2.24) is 0 Å². The highest BCUT2D eigenvalue weighted by molar-refractivity contribution is 6.16. The third-order valence-corrected chi connectivity index (χ3v) is 3.86. The van der Waals surface area contributed by atoms with Crippen LogP contribution in [0.4, 0.5) is 5.69 Å². The molecule has 138 valence electrons. The van der Waals surface area contributed by atoms with E-state index in [1.807, 2.05) is 54.6 Å². The van der Waals surface area contributed by atoms with Gasteiger partial charge in [-0.2, -0.15) is 0 Å². The highest BCUT2D eigenvalue weighted by atomic mass is 16.6. The van der Waals surface area contributed by atoms with Gasteiger partial charge in [0.15, 0.2) is 0 Å². The molecule has 0 radical (unpaired) electrons. The normalized spacial score (nSPS) is 17.2. The van der Waals surface area contributed by atoms with Crippen molar-refractivity contribution in [2.75, 3.05) is 11.9 Å². The summed E-state index contributed by atoms with van der Waals surface area (Å²) in [5.41, 5.74) is 3.47. The minimum atomic E-state index is -0.991. The second-order valence-corrected chi connectivity index (χ2v) is 5.83. The Morgan fingerprint density at radius 2 is 1.81 bits per heavy atom. The van der Waals surface area contributed by atoms with E-state index in [1.54, 1.807) is 6.92 Å². The van der Waals surface area contributed by atoms with Crippen molar-refractivity contribution in [3.05, 3.63) is 77.5 Å². The van der Waals surface area contributed by atoms with E-state index in [-0.39, 0.29) is 6.61 Å². The molecular weight excluding hydrogens is 344 g/mol. The molecule has 2 aromatic rings. The van der Waals surface area contributed by atoms with Gasteiger partial charge in [0.2, 0.25) is 6.23 Å². The summed E-state index contributed by atoms with van der Waals surface area (Å²) >= 11 is 0. The first-order valence-corrected chi connectivity index (χ1v) is 8.63. The smallest absolute Gasteiger partial charge is 0.332 e. The van der Waals surface area contributed by atoms with Gasteiger partial charge in [-0.05, 0) is 13.0 Å². The Morgan fingerprint density at radius 1 is 1.11 bits per heavy atom. The summed E-state index contributed by atoms with van der Waals surface area (Å²) in [5, 5.41) is 3.17. The van der Waals surface area contributed by atoms with Crippen molar-refractivity contribution in [3.63, 3.8) is 0 Å². The van der Waals surface area contributed by atoms with Crippen LogP contribution < -0.4 is 5.32 Å². The van der Waals surface area contributed by atoms with Gasteiger partial charge in [0.1, 0.15) is 0 Å². The Bertz CT molecular complexity index is 903. The molecule has 1 unspecified atom stereocenters. The number of fused-ring (bicyclic) bond motifs is 1. The van der Waals surface area contributed by atoms with Crippen LogP contribution in [-0.2, 0) is 19.1 Å². The van der Waals surface area contributed by atoms with E-state index >= 15 is 0 Å². The molecule has 1 aliphatic rings. The van der Waals surface area contributed by atoms with Crippen molar-refractivity contribution in [3.8, 4) is 0 Å². The van der Waals surface area contributed by atoms with Crippen LogP contribution in [0.5, 0.6) is 0 Å². The predicted octanol–water partition coefficient (Wildman–Crippen LogP) is 3.29. The van der Waals surface area contributed by atoms with Crippen LogP contribution in [0, 0.1) is 0 Å². The van der Waals surface area contributed by atoms with Gasteiger partial charge in [-0.3, -0.25) is 4.79 Å². The van der Waals surface area contributed by atoms with Gasteiger partial charge in [0.05, 0.1) is 18.0 Å². The van der Waals surface area contributed by atoms with E-state index in [9.17, 15) is 9.59 Å². The summed E-state index contributed by atoms with van der Waals surface area (Å²) in [6.07, 6.45) is 0.278.